The van der Waals surface area contributed by atoms with E-state index in [9.17, 15) is 24.0 Å². The van der Waals surface area contributed by atoms with Gasteiger partial charge in [0, 0.05) is 24.9 Å². The molecule has 3 amide bonds. The van der Waals surface area contributed by atoms with E-state index in [2.05, 4.69) is 16.5 Å². The van der Waals surface area contributed by atoms with Crippen molar-refractivity contribution >= 4 is 23.5 Å². The van der Waals surface area contributed by atoms with E-state index in [0.29, 0.717) is 36.3 Å². The van der Waals surface area contributed by atoms with Crippen LogP contribution in [0.3, 0.4) is 0 Å². The molecule has 3 aromatic rings. The van der Waals surface area contributed by atoms with E-state index in [1.54, 1.807) is 24.3 Å². The number of nitriles is 1. The van der Waals surface area contributed by atoms with Gasteiger partial charge in [-0.25, -0.2) is 9.07 Å². The summed E-state index contributed by atoms with van der Waals surface area (Å²) in [6.07, 6.45) is 1.43. The van der Waals surface area contributed by atoms with Crippen molar-refractivity contribution in [3.05, 3.63) is 76.7 Å². The van der Waals surface area contributed by atoms with Crippen molar-refractivity contribution in [2.45, 2.75) is 32.2 Å². The molecule has 0 unspecified atom stereocenters. The van der Waals surface area contributed by atoms with Gasteiger partial charge in [-0.3, -0.25) is 19.3 Å². The Balaban J connectivity index is 1.31. The molecule has 0 bridgehead atoms. The van der Waals surface area contributed by atoms with Gasteiger partial charge in [-0.15, -0.1) is 0 Å². The molecule has 0 spiro atoms. The molecule has 2 aromatic carbocycles. The molecule has 3 N–H and O–H groups in total. The largest absolute Gasteiger partial charge is 0.382 e. The number of anilines is 1. The third-order valence-electron chi connectivity index (χ3n) is 5.76. The molecule has 0 aliphatic carbocycles. The van der Waals surface area contributed by atoms with E-state index >= 15 is 0 Å². The minimum atomic E-state index is -0.387. The van der Waals surface area contributed by atoms with Crippen LogP contribution in [-0.4, -0.2) is 38.9 Å². The zero-order valence-corrected chi connectivity index (χ0v) is 18.8. The lowest BCUT2D eigenvalue weighted by molar-refractivity contribution is -0.139. The van der Waals surface area contributed by atoms with Gasteiger partial charge in [0.15, 0.2) is 0 Å². The summed E-state index contributed by atoms with van der Waals surface area (Å²) in [4.78, 5) is 37.2. The number of rotatable bonds is 8. The van der Waals surface area contributed by atoms with Gasteiger partial charge >= 0.3 is 0 Å². The highest BCUT2D eigenvalue weighted by Crippen LogP contribution is 2.22. The minimum Gasteiger partial charge on any atom is -0.382 e. The first-order chi connectivity index (χ1) is 16.9. The van der Waals surface area contributed by atoms with E-state index in [4.69, 9.17) is 5.73 Å². The van der Waals surface area contributed by atoms with Crippen molar-refractivity contribution in [1.82, 2.24) is 20.0 Å². The van der Waals surface area contributed by atoms with Crippen molar-refractivity contribution < 1.29 is 18.8 Å². The zero-order valence-electron chi connectivity index (χ0n) is 18.8. The molecule has 178 valence electrons. The molecule has 4 rings (SSSR count). The third kappa shape index (κ3) is 5.19. The molecule has 0 atom stereocenters. The molecule has 1 fully saturated rings. The molecule has 1 saturated heterocycles. The first-order valence-corrected chi connectivity index (χ1v) is 11.1. The van der Waals surface area contributed by atoms with Crippen molar-refractivity contribution in [2.75, 3.05) is 12.3 Å². The van der Waals surface area contributed by atoms with Gasteiger partial charge in [0.25, 0.3) is 5.91 Å². The Bertz CT molecular complexity index is 1290. The maximum absolute atomic E-state index is 13.2. The van der Waals surface area contributed by atoms with E-state index in [1.165, 1.54) is 33.8 Å². The predicted octanol–water partition coefficient (Wildman–Crippen LogP) is 2.48. The molecule has 1 aliphatic rings. The fraction of sp³-hybridized carbons (Fsp3) is 0.240. The fourth-order valence-electron chi connectivity index (χ4n) is 3.86. The minimum absolute atomic E-state index is 0.176. The van der Waals surface area contributed by atoms with Gasteiger partial charge < -0.3 is 11.1 Å². The maximum atomic E-state index is 13.2. The molecule has 10 heteroatoms. The Labute approximate surface area is 200 Å². The van der Waals surface area contributed by atoms with Crippen LogP contribution in [0.25, 0.3) is 5.69 Å². The number of nitrogen functional groups attached to an aromatic ring is 1. The Morgan fingerprint density at radius 3 is 2.37 bits per heavy atom. The standard InChI is InChI=1S/C25H23FN6O3/c26-18-7-9-19(10-8-18)32-24(28)20(14-27)21(30-32)2-1-13-29-25(35)17-5-3-16(4-6-17)15-31-22(33)11-12-23(31)34/h3-10H,1-2,11-13,15,28H2,(H,29,35). The van der Waals surface area contributed by atoms with Crippen LogP contribution in [-0.2, 0) is 22.6 Å². The molecule has 1 aliphatic heterocycles. The van der Waals surface area contributed by atoms with E-state index in [-0.39, 0.29) is 54.3 Å². The average molecular weight is 474 g/mol. The number of carbonyl (C=O) groups is 3. The Hall–Kier alpha value is -4.52. The summed E-state index contributed by atoms with van der Waals surface area (Å²) in [5.74, 6) is -0.832. The van der Waals surface area contributed by atoms with Crippen LogP contribution in [0.15, 0.2) is 48.5 Å². The van der Waals surface area contributed by atoms with Gasteiger partial charge in [-0.1, -0.05) is 12.1 Å². The number of aromatic nitrogens is 2. The quantitative estimate of drug-likeness (QED) is 0.381. The van der Waals surface area contributed by atoms with Crippen LogP contribution < -0.4 is 11.1 Å². The predicted molar refractivity (Wildman–Crippen MR) is 125 cm³/mol. The summed E-state index contributed by atoms with van der Waals surface area (Å²) in [6, 6.07) is 14.4. The van der Waals surface area contributed by atoms with Gasteiger partial charge in [0.1, 0.15) is 23.3 Å². The topological polar surface area (TPSA) is 134 Å². The van der Waals surface area contributed by atoms with Gasteiger partial charge in [-0.05, 0) is 54.8 Å². The number of hydrogen-bond donors (Lipinski definition) is 2. The highest BCUT2D eigenvalue weighted by Gasteiger charge is 2.28. The normalized spacial score (nSPS) is 13.2. The number of imide groups is 1. The number of likely N-dealkylation sites (tertiary alicyclic amines) is 1. The zero-order chi connectivity index (χ0) is 24.9. The van der Waals surface area contributed by atoms with E-state index < -0.39 is 0 Å². The Morgan fingerprint density at radius 2 is 1.74 bits per heavy atom. The van der Waals surface area contributed by atoms with Crippen LogP contribution in [0, 0.1) is 17.1 Å². The number of halogens is 1. The number of benzene rings is 2. The van der Waals surface area contributed by atoms with Crippen LogP contribution in [0.5, 0.6) is 0 Å². The van der Waals surface area contributed by atoms with Crippen LogP contribution in [0.1, 0.15) is 46.4 Å². The summed E-state index contributed by atoms with van der Waals surface area (Å²) in [5, 5.41) is 16.7. The lowest BCUT2D eigenvalue weighted by Gasteiger charge is -2.14. The fourth-order valence-corrected chi connectivity index (χ4v) is 3.86. The number of hydrogen-bond acceptors (Lipinski definition) is 6. The highest BCUT2D eigenvalue weighted by molar-refractivity contribution is 6.01. The second kappa shape index (κ2) is 10.2. The number of aryl methyl sites for hydroxylation is 1. The summed E-state index contributed by atoms with van der Waals surface area (Å²) in [7, 11) is 0. The SMILES string of the molecule is N#Cc1c(CCCNC(=O)c2ccc(CN3C(=O)CCC3=O)cc2)nn(-c2ccc(F)cc2)c1N. The van der Waals surface area contributed by atoms with Crippen LogP contribution in [0.4, 0.5) is 10.2 Å². The Kier molecular flexibility index (Phi) is 6.87. The first-order valence-electron chi connectivity index (χ1n) is 11.1. The van der Waals surface area contributed by atoms with E-state index in [0.717, 1.165) is 5.56 Å². The summed E-state index contributed by atoms with van der Waals surface area (Å²) in [5.41, 5.74) is 8.59. The van der Waals surface area contributed by atoms with Gasteiger partial charge in [0.05, 0.1) is 17.9 Å². The molecule has 35 heavy (non-hydrogen) atoms. The maximum Gasteiger partial charge on any atom is 0.251 e. The molecule has 9 nitrogen and oxygen atoms in total. The number of nitrogens with one attached hydrogen (secondary N) is 1. The second-order valence-corrected chi connectivity index (χ2v) is 8.14. The Morgan fingerprint density at radius 1 is 1.09 bits per heavy atom. The van der Waals surface area contributed by atoms with Gasteiger partial charge in [0.2, 0.25) is 11.8 Å². The molecule has 1 aromatic heterocycles. The van der Waals surface area contributed by atoms with Crippen LogP contribution in [0.2, 0.25) is 0 Å². The van der Waals surface area contributed by atoms with E-state index in [1.807, 2.05) is 0 Å². The first kappa shape index (κ1) is 23.6. The van der Waals surface area contributed by atoms with Gasteiger partial charge in [-0.2, -0.15) is 10.4 Å². The summed E-state index contributed by atoms with van der Waals surface area (Å²) in [6.45, 7) is 0.556. The van der Waals surface area contributed by atoms with Crippen molar-refractivity contribution in [2.24, 2.45) is 0 Å². The van der Waals surface area contributed by atoms with Crippen LogP contribution >= 0.6 is 0 Å². The number of amides is 3. The highest BCUT2D eigenvalue weighted by atomic mass is 19.1. The summed E-state index contributed by atoms with van der Waals surface area (Å²) < 4.78 is 14.6. The molecular weight excluding hydrogens is 451 g/mol. The second-order valence-electron chi connectivity index (χ2n) is 8.14. The molecule has 0 saturated carbocycles. The molecular formula is C25H23FN6O3. The summed E-state index contributed by atoms with van der Waals surface area (Å²) >= 11 is 0. The lowest BCUT2D eigenvalue weighted by atomic mass is 10.1. The van der Waals surface area contributed by atoms with Crippen molar-refractivity contribution in [1.29, 1.82) is 5.26 Å². The smallest absolute Gasteiger partial charge is 0.251 e. The molecule has 2 heterocycles. The number of nitrogens with zero attached hydrogens (tertiary/aromatic N) is 4. The number of carbonyl (C=O) groups excluding carboxylic acids is 3. The number of nitrogens with two attached hydrogens (primary N) is 1. The third-order valence-corrected chi connectivity index (χ3v) is 5.76. The average Bonchev–Trinajstić information content (AvgIpc) is 3.35. The lowest BCUT2D eigenvalue weighted by Crippen LogP contribution is -2.28. The van der Waals surface area contributed by atoms with Crippen molar-refractivity contribution in [3.63, 3.8) is 0 Å². The molecule has 0 radical (unpaired) electrons. The van der Waals surface area contributed by atoms with Crippen molar-refractivity contribution in [3.8, 4) is 11.8 Å². The monoisotopic (exact) mass is 474 g/mol.